The van der Waals surface area contributed by atoms with Crippen LogP contribution in [-0.4, -0.2) is 75.4 Å². The van der Waals surface area contributed by atoms with E-state index in [0.717, 1.165) is 13.1 Å². The van der Waals surface area contributed by atoms with E-state index in [1.165, 1.54) is 0 Å². The van der Waals surface area contributed by atoms with Gasteiger partial charge in [0.05, 0.1) is 38.6 Å². The van der Waals surface area contributed by atoms with Crippen molar-refractivity contribution in [2.45, 2.75) is 26.4 Å². The first-order valence-corrected chi connectivity index (χ1v) is 6.58. The number of aliphatic hydroxyl groups is 1. The zero-order chi connectivity index (χ0) is 13.9. The molecule has 0 heterocycles. The first-order chi connectivity index (χ1) is 8.49. The van der Waals surface area contributed by atoms with Crippen molar-refractivity contribution in [1.82, 2.24) is 4.90 Å². The first kappa shape index (κ1) is 17.8. The van der Waals surface area contributed by atoms with Gasteiger partial charge in [0.25, 0.3) is 0 Å². The van der Waals surface area contributed by atoms with Crippen LogP contribution in [0.5, 0.6) is 0 Å². The van der Waals surface area contributed by atoms with E-state index in [-0.39, 0.29) is 0 Å². The highest BCUT2D eigenvalue weighted by atomic mass is 16.5. The highest BCUT2D eigenvalue weighted by Gasteiger charge is 2.16. The quantitative estimate of drug-likeness (QED) is 0.527. The fourth-order valence-corrected chi connectivity index (χ4v) is 1.55. The van der Waals surface area contributed by atoms with Crippen LogP contribution in [0.15, 0.2) is 0 Å². The second-order valence-electron chi connectivity index (χ2n) is 4.90. The summed E-state index contributed by atoms with van der Waals surface area (Å²) in [6.45, 7) is 11.2. The van der Waals surface area contributed by atoms with Crippen LogP contribution in [0.4, 0.5) is 0 Å². The predicted octanol–water partition coefficient (Wildman–Crippen LogP) is 0.759. The minimum atomic E-state index is -0.653. The second kappa shape index (κ2) is 10.7. The molecule has 0 unspecified atom stereocenters. The van der Waals surface area contributed by atoms with Crippen molar-refractivity contribution in [2.24, 2.45) is 0 Å². The molecule has 0 radical (unpaired) electrons. The van der Waals surface area contributed by atoms with Gasteiger partial charge in [-0.25, -0.2) is 0 Å². The molecule has 5 heteroatoms. The fraction of sp³-hybridized carbons (Fsp3) is 1.00. The standard InChI is InChI=1S/C13H29NO4/c1-5-14(12-13(2,3)15)6-7-17-10-11-18-9-8-16-4/h15H,5-12H2,1-4H3. The molecule has 0 aromatic heterocycles. The first-order valence-electron chi connectivity index (χ1n) is 6.58. The van der Waals surface area contributed by atoms with E-state index in [9.17, 15) is 5.11 Å². The summed E-state index contributed by atoms with van der Waals surface area (Å²) in [4.78, 5) is 2.17. The van der Waals surface area contributed by atoms with Crippen molar-refractivity contribution in [3.05, 3.63) is 0 Å². The van der Waals surface area contributed by atoms with Crippen LogP contribution in [0.25, 0.3) is 0 Å². The van der Waals surface area contributed by atoms with Gasteiger partial charge in [-0.05, 0) is 20.4 Å². The Kier molecular flexibility index (Phi) is 10.6. The molecule has 0 bridgehead atoms. The number of rotatable bonds is 12. The van der Waals surface area contributed by atoms with Gasteiger partial charge in [0.15, 0.2) is 0 Å². The highest BCUT2D eigenvalue weighted by molar-refractivity contribution is 4.71. The topological polar surface area (TPSA) is 51.2 Å². The van der Waals surface area contributed by atoms with Crippen molar-refractivity contribution in [1.29, 1.82) is 0 Å². The van der Waals surface area contributed by atoms with E-state index in [1.807, 2.05) is 13.8 Å². The van der Waals surface area contributed by atoms with Crippen molar-refractivity contribution in [2.75, 3.05) is 59.8 Å². The summed E-state index contributed by atoms with van der Waals surface area (Å²) >= 11 is 0. The Balaban J connectivity index is 3.40. The van der Waals surface area contributed by atoms with Gasteiger partial charge in [-0.2, -0.15) is 0 Å². The van der Waals surface area contributed by atoms with E-state index in [2.05, 4.69) is 11.8 Å². The molecule has 0 rings (SSSR count). The molecule has 0 aliphatic rings. The minimum Gasteiger partial charge on any atom is -0.389 e. The third kappa shape index (κ3) is 12.3. The Morgan fingerprint density at radius 1 is 1.00 bits per heavy atom. The molecular weight excluding hydrogens is 234 g/mol. The largest absolute Gasteiger partial charge is 0.389 e. The molecule has 0 aliphatic carbocycles. The SMILES string of the molecule is CCN(CCOCCOCCOC)CC(C)(C)O. The molecule has 0 atom stereocenters. The van der Waals surface area contributed by atoms with E-state index < -0.39 is 5.60 Å². The number of nitrogens with zero attached hydrogens (tertiary/aromatic N) is 1. The van der Waals surface area contributed by atoms with Crippen molar-refractivity contribution in [3.8, 4) is 0 Å². The Morgan fingerprint density at radius 3 is 2.06 bits per heavy atom. The summed E-state index contributed by atoms with van der Waals surface area (Å²) in [5.74, 6) is 0. The van der Waals surface area contributed by atoms with E-state index in [1.54, 1.807) is 7.11 Å². The lowest BCUT2D eigenvalue weighted by Crippen LogP contribution is -2.40. The van der Waals surface area contributed by atoms with Gasteiger partial charge < -0.3 is 19.3 Å². The lowest BCUT2D eigenvalue weighted by atomic mass is 10.1. The molecule has 0 spiro atoms. The number of hydrogen-bond acceptors (Lipinski definition) is 5. The summed E-state index contributed by atoms with van der Waals surface area (Å²) in [5, 5.41) is 9.73. The van der Waals surface area contributed by atoms with Crippen LogP contribution >= 0.6 is 0 Å². The third-order valence-corrected chi connectivity index (χ3v) is 2.41. The van der Waals surface area contributed by atoms with Crippen molar-refractivity contribution < 1.29 is 19.3 Å². The molecule has 0 saturated carbocycles. The molecule has 0 aliphatic heterocycles. The second-order valence-corrected chi connectivity index (χ2v) is 4.90. The maximum atomic E-state index is 9.73. The predicted molar refractivity (Wildman–Crippen MR) is 71.9 cm³/mol. The van der Waals surface area contributed by atoms with Crippen LogP contribution in [-0.2, 0) is 14.2 Å². The third-order valence-electron chi connectivity index (χ3n) is 2.41. The Hall–Kier alpha value is -0.200. The number of likely N-dealkylation sites (N-methyl/N-ethyl adjacent to an activating group) is 1. The zero-order valence-corrected chi connectivity index (χ0v) is 12.3. The Morgan fingerprint density at radius 2 is 1.56 bits per heavy atom. The van der Waals surface area contributed by atoms with Crippen LogP contribution in [0, 0.1) is 0 Å². The maximum absolute atomic E-state index is 9.73. The molecule has 18 heavy (non-hydrogen) atoms. The number of ether oxygens (including phenoxy) is 3. The average molecular weight is 263 g/mol. The van der Waals surface area contributed by atoms with Crippen LogP contribution < -0.4 is 0 Å². The molecule has 0 amide bonds. The normalized spacial score (nSPS) is 12.3. The van der Waals surface area contributed by atoms with Gasteiger partial charge >= 0.3 is 0 Å². The van der Waals surface area contributed by atoms with Crippen LogP contribution in [0.2, 0.25) is 0 Å². The summed E-state index contributed by atoms with van der Waals surface area (Å²) < 4.78 is 15.6. The average Bonchev–Trinajstić information content (AvgIpc) is 2.29. The monoisotopic (exact) mass is 263 g/mol. The van der Waals surface area contributed by atoms with E-state index >= 15 is 0 Å². The van der Waals surface area contributed by atoms with Gasteiger partial charge in [0, 0.05) is 20.2 Å². The molecule has 0 saturated heterocycles. The molecule has 0 aromatic rings. The van der Waals surface area contributed by atoms with Gasteiger partial charge in [0.2, 0.25) is 0 Å². The van der Waals surface area contributed by atoms with Crippen LogP contribution in [0.3, 0.4) is 0 Å². The van der Waals surface area contributed by atoms with Gasteiger partial charge in [-0.3, -0.25) is 4.90 Å². The lowest BCUT2D eigenvalue weighted by molar-refractivity contribution is 0.00580. The summed E-state index contributed by atoms with van der Waals surface area (Å²) in [6.07, 6.45) is 0. The Labute approximate surface area is 111 Å². The maximum Gasteiger partial charge on any atom is 0.0718 e. The fourth-order valence-electron chi connectivity index (χ4n) is 1.55. The lowest BCUT2D eigenvalue weighted by Gasteiger charge is -2.27. The zero-order valence-electron chi connectivity index (χ0n) is 12.3. The molecule has 110 valence electrons. The molecular formula is C13H29NO4. The Bertz CT molecular complexity index is 182. The van der Waals surface area contributed by atoms with Gasteiger partial charge in [0.1, 0.15) is 0 Å². The van der Waals surface area contributed by atoms with Gasteiger partial charge in [-0.1, -0.05) is 6.92 Å². The van der Waals surface area contributed by atoms with E-state index in [0.29, 0.717) is 39.6 Å². The molecule has 0 fully saturated rings. The van der Waals surface area contributed by atoms with Gasteiger partial charge in [-0.15, -0.1) is 0 Å². The molecule has 0 aromatic carbocycles. The summed E-state index contributed by atoms with van der Waals surface area (Å²) in [7, 11) is 1.65. The minimum absolute atomic E-state index is 0.598. The molecule has 5 nitrogen and oxygen atoms in total. The van der Waals surface area contributed by atoms with E-state index in [4.69, 9.17) is 14.2 Å². The van der Waals surface area contributed by atoms with Crippen molar-refractivity contribution >= 4 is 0 Å². The smallest absolute Gasteiger partial charge is 0.0718 e. The van der Waals surface area contributed by atoms with Crippen LogP contribution in [0.1, 0.15) is 20.8 Å². The molecule has 1 N–H and O–H groups in total. The number of hydrogen-bond donors (Lipinski definition) is 1. The highest BCUT2D eigenvalue weighted by Crippen LogP contribution is 2.04. The summed E-state index contributed by atoms with van der Waals surface area (Å²) in [5.41, 5.74) is -0.653. The summed E-state index contributed by atoms with van der Waals surface area (Å²) in [6, 6.07) is 0. The number of methoxy groups -OCH3 is 1. The van der Waals surface area contributed by atoms with Crippen molar-refractivity contribution in [3.63, 3.8) is 0 Å².